The number of benzene rings is 1. The molecule has 0 aromatic heterocycles. The molecule has 112 valence electrons. The van der Waals surface area contributed by atoms with Gasteiger partial charge in [0.1, 0.15) is 0 Å². The number of likely N-dealkylation sites (tertiary alicyclic amines) is 1. The van der Waals surface area contributed by atoms with Crippen molar-refractivity contribution in [2.75, 3.05) is 13.1 Å². The number of alkyl halides is 6. The largest absolute Gasteiger partial charge is 0.416 e. The third-order valence-corrected chi connectivity index (χ3v) is 3.57. The summed E-state index contributed by atoms with van der Waals surface area (Å²) in [7, 11) is 0. The standard InChI is InChI=1S/C13H13F6N/c1-8(20-5-2-6-20)10-7-9(12(14,15)16)3-4-11(10)13(17,18)19/h3-4,7-8H,2,5-6H2,1H3/t8-/m1/s1. The van der Waals surface area contributed by atoms with E-state index in [1.54, 1.807) is 4.90 Å². The van der Waals surface area contributed by atoms with Crippen molar-refractivity contribution in [1.29, 1.82) is 0 Å². The Kier molecular flexibility index (Phi) is 3.75. The normalized spacial score (nSPS) is 18.8. The summed E-state index contributed by atoms with van der Waals surface area (Å²) >= 11 is 0. The first kappa shape index (κ1) is 15.2. The summed E-state index contributed by atoms with van der Waals surface area (Å²) in [5.74, 6) is 0. The number of halogens is 6. The van der Waals surface area contributed by atoms with Gasteiger partial charge in [-0.05, 0) is 50.2 Å². The summed E-state index contributed by atoms with van der Waals surface area (Å²) < 4.78 is 76.8. The minimum absolute atomic E-state index is 0.313. The lowest BCUT2D eigenvalue weighted by molar-refractivity contribution is -0.142. The predicted octanol–water partition coefficient (Wildman–Crippen LogP) is 4.49. The highest BCUT2D eigenvalue weighted by molar-refractivity contribution is 5.37. The van der Waals surface area contributed by atoms with Crippen LogP contribution in [-0.2, 0) is 12.4 Å². The van der Waals surface area contributed by atoms with Gasteiger partial charge in [-0.1, -0.05) is 0 Å². The van der Waals surface area contributed by atoms with Gasteiger partial charge in [-0.3, -0.25) is 4.90 Å². The Morgan fingerprint density at radius 3 is 2.00 bits per heavy atom. The van der Waals surface area contributed by atoms with Gasteiger partial charge in [-0.2, -0.15) is 26.3 Å². The maximum Gasteiger partial charge on any atom is 0.416 e. The van der Waals surface area contributed by atoms with E-state index in [2.05, 4.69) is 0 Å². The molecule has 0 unspecified atom stereocenters. The van der Waals surface area contributed by atoms with E-state index in [9.17, 15) is 26.3 Å². The van der Waals surface area contributed by atoms with Gasteiger partial charge in [-0.25, -0.2) is 0 Å². The number of hydrogen-bond acceptors (Lipinski definition) is 1. The SMILES string of the molecule is C[C@H](c1cc(C(F)(F)F)ccc1C(F)(F)F)N1CCC1. The Hall–Kier alpha value is -1.24. The minimum Gasteiger partial charge on any atom is -0.297 e. The fourth-order valence-corrected chi connectivity index (χ4v) is 2.27. The fourth-order valence-electron chi connectivity index (χ4n) is 2.27. The van der Waals surface area contributed by atoms with E-state index in [0.717, 1.165) is 6.42 Å². The Morgan fingerprint density at radius 1 is 1.00 bits per heavy atom. The molecule has 0 amide bonds. The van der Waals surface area contributed by atoms with Crippen molar-refractivity contribution in [3.8, 4) is 0 Å². The molecule has 1 nitrogen and oxygen atoms in total. The van der Waals surface area contributed by atoms with Crippen molar-refractivity contribution < 1.29 is 26.3 Å². The van der Waals surface area contributed by atoms with E-state index in [1.165, 1.54) is 6.92 Å². The van der Waals surface area contributed by atoms with Crippen LogP contribution in [0.15, 0.2) is 18.2 Å². The second-order valence-electron chi connectivity index (χ2n) is 4.86. The third-order valence-electron chi connectivity index (χ3n) is 3.57. The molecule has 0 N–H and O–H groups in total. The third kappa shape index (κ3) is 2.92. The maximum absolute atomic E-state index is 12.9. The molecule has 0 bridgehead atoms. The van der Waals surface area contributed by atoms with E-state index < -0.39 is 29.5 Å². The van der Waals surface area contributed by atoms with Crippen LogP contribution in [0.5, 0.6) is 0 Å². The second kappa shape index (κ2) is 4.95. The van der Waals surface area contributed by atoms with Crippen molar-refractivity contribution in [2.45, 2.75) is 31.7 Å². The summed E-state index contributed by atoms with van der Waals surface area (Å²) in [6.07, 6.45) is -8.45. The van der Waals surface area contributed by atoms with Crippen LogP contribution < -0.4 is 0 Å². The summed E-state index contributed by atoms with van der Waals surface area (Å²) in [5.41, 5.74) is -2.36. The highest BCUT2D eigenvalue weighted by Gasteiger charge is 2.39. The first-order chi connectivity index (χ1) is 9.10. The first-order valence-corrected chi connectivity index (χ1v) is 6.13. The van der Waals surface area contributed by atoms with Crippen LogP contribution >= 0.6 is 0 Å². The topological polar surface area (TPSA) is 3.24 Å². The highest BCUT2D eigenvalue weighted by atomic mass is 19.4. The predicted molar refractivity (Wildman–Crippen MR) is 61.1 cm³/mol. The number of rotatable bonds is 2. The summed E-state index contributed by atoms with van der Waals surface area (Å²) in [6, 6.07) is 0.942. The molecule has 1 aliphatic heterocycles. The van der Waals surface area contributed by atoms with Crippen LogP contribution in [0.25, 0.3) is 0 Å². The van der Waals surface area contributed by atoms with Gasteiger partial charge in [0.25, 0.3) is 0 Å². The van der Waals surface area contributed by atoms with Crippen molar-refractivity contribution >= 4 is 0 Å². The lowest BCUT2D eigenvalue weighted by Gasteiger charge is -2.37. The van der Waals surface area contributed by atoms with Crippen molar-refractivity contribution in [2.24, 2.45) is 0 Å². The van der Waals surface area contributed by atoms with Gasteiger partial charge in [0.15, 0.2) is 0 Å². The lowest BCUT2D eigenvalue weighted by Crippen LogP contribution is -2.39. The Labute approximate surface area is 112 Å². The van der Waals surface area contributed by atoms with Crippen LogP contribution in [0, 0.1) is 0 Å². The second-order valence-corrected chi connectivity index (χ2v) is 4.86. The molecule has 0 aliphatic carbocycles. The van der Waals surface area contributed by atoms with Gasteiger partial charge >= 0.3 is 12.4 Å². The highest BCUT2D eigenvalue weighted by Crippen LogP contribution is 2.40. The van der Waals surface area contributed by atoms with E-state index in [0.29, 0.717) is 31.3 Å². The van der Waals surface area contributed by atoms with E-state index >= 15 is 0 Å². The van der Waals surface area contributed by atoms with Crippen LogP contribution in [0.1, 0.15) is 36.1 Å². The molecule has 0 radical (unpaired) electrons. The molecule has 1 aromatic rings. The van der Waals surface area contributed by atoms with Crippen LogP contribution in [-0.4, -0.2) is 18.0 Å². The van der Waals surface area contributed by atoms with Crippen molar-refractivity contribution in [3.63, 3.8) is 0 Å². The van der Waals surface area contributed by atoms with Crippen molar-refractivity contribution in [1.82, 2.24) is 4.90 Å². The average Bonchev–Trinajstić information content (AvgIpc) is 2.23. The molecule has 20 heavy (non-hydrogen) atoms. The van der Waals surface area contributed by atoms with Gasteiger partial charge in [0.05, 0.1) is 11.1 Å². The molecule has 0 saturated carbocycles. The number of hydrogen-bond donors (Lipinski definition) is 0. The molecule has 7 heteroatoms. The smallest absolute Gasteiger partial charge is 0.297 e. The molecule has 1 heterocycles. The van der Waals surface area contributed by atoms with Crippen molar-refractivity contribution in [3.05, 3.63) is 34.9 Å². The van der Waals surface area contributed by atoms with Gasteiger partial charge in [-0.15, -0.1) is 0 Å². The Morgan fingerprint density at radius 2 is 1.60 bits per heavy atom. The average molecular weight is 297 g/mol. The Bertz CT molecular complexity index is 487. The molecule has 0 spiro atoms. The van der Waals surface area contributed by atoms with Crippen LogP contribution in [0.3, 0.4) is 0 Å². The van der Waals surface area contributed by atoms with Gasteiger partial charge in [0, 0.05) is 6.04 Å². The molecule has 2 rings (SSSR count). The fraction of sp³-hybridized carbons (Fsp3) is 0.538. The van der Waals surface area contributed by atoms with E-state index in [1.807, 2.05) is 0 Å². The maximum atomic E-state index is 12.9. The zero-order valence-electron chi connectivity index (χ0n) is 10.6. The molecule has 1 fully saturated rings. The van der Waals surface area contributed by atoms with E-state index in [4.69, 9.17) is 0 Å². The molecular formula is C13H13F6N. The van der Waals surface area contributed by atoms with Gasteiger partial charge < -0.3 is 0 Å². The minimum atomic E-state index is -4.65. The molecule has 1 aromatic carbocycles. The molecular weight excluding hydrogens is 284 g/mol. The molecule has 1 saturated heterocycles. The quantitative estimate of drug-likeness (QED) is 0.727. The molecule has 1 aliphatic rings. The van der Waals surface area contributed by atoms with Gasteiger partial charge in [0.2, 0.25) is 0 Å². The Balaban J connectivity index is 2.47. The summed E-state index contributed by atoms with van der Waals surface area (Å²) in [6.45, 7) is 2.72. The van der Waals surface area contributed by atoms with E-state index in [-0.39, 0.29) is 5.56 Å². The van der Waals surface area contributed by atoms with Crippen LogP contribution in [0.4, 0.5) is 26.3 Å². The summed E-state index contributed by atoms with van der Waals surface area (Å²) in [4.78, 5) is 1.73. The zero-order valence-corrected chi connectivity index (χ0v) is 10.6. The lowest BCUT2D eigenvalue weighted by atomic mass is 9.95. The number of nitrogens with zero attached hydrogens (tertiary/aromatic N) is 1. The monoisotopic (exact) mass is 297 g/mol. The first-order valence-electron chi connectivity index (χ1n) is 6.13. The van der Waals surface area contributed by atoms with Crippen LogP contribution in [0.2, 0.25) is 0 Å². The summed E-state index contributed by atoms with van der Waals surface area (Å²) in [5, 5.41) is 0. The zero-order chi connectivity index (χ0) is 15.1. The molecule has 1 atom stereocenters.